The highest BCUT2D eigenvalue weighted by Gasteiger charge is 2.37. The number of carbonyl (C=O) groups excluding carboxylic acids is 4. The van der Waals surface area contributed by atoms with Crippen molar-refractivity contribution in [1.82, 2.24) is 19.8 Å². The number of likely N-dealkylation sites (tertiary alicyclic amines) is 1. The van der Waals surface area contributed by atoms with Gasteiger partial charge >= 0.3 is 0 Å². The van der Waals surface area contributed by atoms with Crippen molar-refractivity contribution in [2.75, 3.05) is 62.9 Å². The van der Waals surface area contributed by atoms with E-state index in [0.717, 1.165) is 17.3 Å². The number of hydrogen-bond acceptors (Lipinski definition) is 11. The number of hydrogen-bond donors (Lipinski definition) is 1. The molecule has 3 aromatic carbocycles. The summed E-state index contributed by atoms with van der Waals surface area (Å²) in [5.41, 5.74) is 2.17. The first-order valence-electron chi connectivity index (χ1n) is 18.2. The summed E-state index contributed by atoms with van der Waals surface area (Å²) in [5.74, 6) is 1.67. The first-order valence-corrected chi connectivity index (χ1v) is 19.2. The van der Waals surface area contributed by atoms with Gasteiger partial charge in [0.25, 0.3) is 5.91 Å². The number of anilines is 2. The van der Waals surface area contributed by atoms with Crippen LogP contribution >= 0.6 is 11.8 Å². The van der Waals surface area contributed by atoms with E-state index in [1.807, 2.05) is 47.4 Å². The highest BCUT2D eigenvalue weighted by Crippen LogP contribution is 2.36. The van der Waals surface area contributed by atoms with Gasteiger partial charge in [-0.15, -0.1) is 0 Å². The number of piperazine rings is 1. The number of aromatic nitrogens is 2. The van der Waals surface area contributed by atoms with Gasteiger partial charge < -0.3 is 34.2 Å². The number of thioether (sulfide) groups is 1. The van der Waals surface area contributed by atoms with Crippen LogP contribution in [0.4, 0.5) is 11.8 Å². The maximum atomic E-state index is 13.9. The topological polar surface area (TPSA) is 143 Å². The zero-order chi connectivity index (χ0) is 38.2. The lowest BCUT2D eigenvalue weighted by molar-refractivity contribution is -0.139. The van der Waals surface area contributed by atoms with Gasteiger partial charge in [0.05, 0.1) is 19.7 Å². The number of ether oxygens (including phenoxy) is 3. The Labute approximate surface area is 319 Å². The zero-order valence-corrected chi connectivity index (χ0v) is 31.9. The number of rotatable bonds is 13. The number of nitrogens with zero attached hydrogens (tertiary/aromatic N) is 5. The number of benzene rings is 3. The summed E-state index contributed by atoms with van der Waals surface area (Å²) >= 11 is 1.15. The molecule has 2 aliphatic heterocycles. The molecule has 4 aromatic rings. The van der Waals surface area contributed by atoms with E-state index in [2.05, 4.69) is 5.32 Å². The number of nitrogens with one attached hydrogen (secondary N) is 1. The molecule has 2 atom stereocenters. The molecule has 1 aromatic heterocycles. The lowest BCUT2D eigenvalue weighted by Gasteiger charge is -2.35. The fourth-order valence-electron chi connectivity index (χ4n) is 6.58. The average Bonchev–Trinajstić information content (AvgIpc) is 3.72. The highest BCUT2D eigenvalue weighted by molar-refractivity contribution is 8.13. The van der Waals surface area contributed by atoms with Gasteiger partial charge in [-0.25, -0.2) is 4.98 Å². The number of fused-ring (bicyclic) bond motifs is 1. The Bertz CT molecular complexity index is 1970. The third-order valence-corrected chi connectivity index (χ3v) is 11.0. The van der Waals surface area contributed by atoms with Crippen molar-refractivity contribution >= 4 is 57.3 Å². The predicted octanol–water partition coefficient (Wildman–Crippen LogP) is 5.42. The first-order chi connectivity index (χ1) is 26.2. The molecule has 2 saturated heterocycles. The minimum absolute atomic E-state index is 0.0347. The van der Waals surface area contributed by atoms with Gasteiger partial charge in [0.1, 0.15) is 24.2 Å². The Morgan fingerprint density at radius 2 is 1.61 bits per heavy atom. The molecule has 2 fully saturated rings. The Hall–Kier alpha value is -5.37. The van der Waals surface area contributed by atoms with Gasteiger partial charge in [0.15, 0.2) is 16.6 Å². The second kappa shape index (κ2) is 17.6. The van der Waals surface area contributed by atoms with E-state index in [0.29, 0.717) is 104 Å². The first kappa shape index (κ1) is 38.4. The summed E-state index contributed by atoms with van der Waals surface area (Å²) in [4.78, 5) is 67.7. The number of methoxy groups -OCH3 is 2. The van der Waals surface area contributed by atoms with Crippen LogP contribution in [-0.2, 0) is 21.0 Å². The molecule has 2 aliphatic rings. The second-order valence-corrected chi connectivity index (χ2v) is 14.4. The van der Waals surface area contributed by atoms with Gasteiger partial charge in [-0.1, -0.05) is 55.9 Å². The minimum Gasteiger partial charge on any atom is -0.493 e. The van der Waals surface area contributed by atoms with Crippen LogP contribution in [0.5, 0.6) is 17.2 Å². The molecular formula is C40H46N6O7S. The quantitative estimate of drug-likeness (QED) is 0.187. The molecule has 54 heavy (non-hydrogen) atoms. The molecule has 0 saturated carbocycles. The van der Waals surface area contributed by atoms with Crippen LogP contribution in [0.2, 0.25) is 0 Å². The van der Waals surface area contributed by atoms with Gasteiger partial charge in [0.2, 0.25) is 17.8 Å². The Morgan fingerprint density at radius 1 is 0.907 bits per heavy atom. The summed E-state index contributed by atoms with van der Waals surface area (Å²) in [6, 6.07) is 19.9. The standard InChI is InChI=1S/C40H46N6O7S/c1-5-35(47)54-25-26(2)38(49)46-17-9-12-32(46)37(48)42-36-30-22-33(51-3)34(52-4)23-31(30)41-40(43-36)45-20-18-44(19-21-45)39(50)28-13-15-29(16-14-28)53-24-27-10-7-6-8-11-27/h6-8,10-11,13-16,22-23,26,32H,5,9,12,17-21,24-25H2,1-4H3,(H,41,42,43,48). The van der Waals surface area contributed by atoms with Crippen molar-refractivity contribution in [3.05, 3.63) is 77.9 Å². The van der Waals surface area contributed by atoms with E-state index >= 15 is 0 Å². The van der Waals surface area contributed by atoms with E-state index in [-0.39, 0.29) is 28.7 Å². The maximum absolute atomic E-state index is 13.9. The fourth-order valence-corrected chi connectivity index (χ4v) is 7.37. The molecule has 0 radical (unpaired) electrons. The molecule has 1 N–H and O–H groups in total. The second-order valence-electron chi connectivity index (χ2n) is 13.3. The molecule has 3 amide bonds. The van der Waals surface area contributed by atoms with Gasteiger partial charge in [-0.3, -0.25) is 19.2 Å². The van der Waals surface area contributed by atoms with Crippen LogP contribution in [-0.4, -0.2) is 101 Å². The van der Waals surface area contributed by atoms with Gasteiger partial charge in [0, 0.05) is 67.8 Å². The van der Waals surface area contributed by atoms with Crippen LogP contribution in [0.1, 0.15) is 49.0 Å². The summed E-state index contributed by atoms with van der Waals surface area (Å²) in [5, 5.41) is 3.59. The van der Waals surface area contributed by atoms with Gasteiger partial charge in [-0.05, 0) is 48.7 Å². The monoisotopic (exact) mass is 754 g/mol. The molecule has 2 unspecified atom stereocenters. The molecule has 0 aliphatic carbocycles. The van der Waals surface area contributed by atoms with E-state index in [1.54, 1.807) is 55.0 Å². The van der Waals surface area contributed by atoms with Crippen LogP contribution in [0.3, 0.4) is 0 Å². The molecular weight excluding hydrogens is 709 g/mol. The number of amides is 3. The van der Waals surface area contributed by atoms with E-state index < -0.39 is 12.0 Å². The summed E-state index contributed by atoms with van der Waals surface area (Å²) in [6.45, 7) is 6.32. The molecule has 3 heterocycles. The third kappa shape index (κ3) is 8.87. The zero-order valence-electron chi connectivity index (χ0n) is 31.1. The Balaban J connectivity index is 1.16. The summed E-state index contributed by atoms with van der Waals surface area (Å²) < 4.78 is 17.0. The van der Waals surface area contributed by atoms with Crippen LogP contribution in [0.25, 0.3) is 10.9 Å². The van der Waals surface area contributed by atoms with Crippen molar-refractivity contribution in [3.63, 3.8) is 0 Å². The van der Waals surface area contributed by atoms with Crippen molar-refractivity contribution < 1.29 is 33.4 Å². The van der Waals surface area contributed by atoms with E-state index in [4.69, 9.17) is 24.2 Å². The average molecular weight is 755 g/mol. The van der Waals surface area contributed by atoms with Crippen molar-refractivity contribution in [1.29, 1.82) is 0 Å². The lowest BCUT2D eigenvalue weighted by atomic mass is 10.1. The number of carbonyl (C=O) groups is 4. The SMILES string of the molecule is CCC(=O)SCC(C)C(=O)N1CCCC1C(=O)Nc1nc(N2CCN(C(=O)c3ccc(OCc4ccccc4)cc3)CC2)nc2cc(OC)c(OC)cc12. The van der Waals surface area contributed by atoms with Crippen molar-refractivity contribution in [2.45, 2.75) is 45.8 Å². The summed E-state index contributed by atoms with van der Waals surface area (Å²) in [7, 11) is 3.07. The molecule has 14 heteroatoms. The third-order valence-electron chi connectivity index (χ3n) is 9.67. The fraction of sp³-hybridized carbons (Fsp3) is 0.400. The van der Waals surface area contributed by atoms with Crippen LogP contribution in [0, 0.1) is 5.92 Å². The molecule has 284 valence electrons. The largest absolute Gasteiger partial charge is 0.493 e. The smallest absolute Gasteiger partial charge is 0.253 e. The Morgan fingerprint density at radius 3 is 2.30 bits per heavy atom. The summed E-state index contributed by atoms with van der Waals surface area (Å²) in [6.07, 6.45) is 1.60. The normalized spacial score (nSPS) is 16.2. The predicted molar refractivity (Wildman–Crippen MR) is 208 cm³/mol. The lowest BCUT2D eigenvalue weighted by Crippen LogP contribution is -2.49. The van der Waals surface area contributed by atoms with Crippen LogP contribution in [0.15, 0.2) is 66.7 Å². The Kier molecular flexibility index (Phi) is 12.5. The van der Waals surface area contributed by atoms with Crippen molar-refractivity contribution in [2.24, 2.45) is 5.92 Å². The highest BCUT2D eigenvalue weighted by atomic mass is 32.2. The molecule has 0 bridgehead atoms. The maximum Gasteiger partial charge on any atom is 0.253 e. The molecule has 0 spiro atoms. The van der Waals surface area contributed by atoms with E-state index in [9.17, 15) is 19.2 Å². The van der Waals surface area contributed by atoms with Crippen molar-refractivity contribution in [3.8, 4) is 17.2 Å². The van der Waals surface area contributed by atoms with Gasteiger partial charge in [-0.2, -0.15) is 4.98 Å². The molecule has 6 rings (SSSR count). The minimum atomic E-state index is -0.681. The molecule has 13 nitrogen and oxygen atoms in total. The van der Waals surface area contributed by atoms with Crippen LogP contribution < -0.4 is 24.4 Å². The van der Waals surface area contributed by atoms with E-state index in [1.165, 1.54) is 7.11 Å².